The molecule has 6 nitrogen and oxygen atoms in total. The number of carboxylic acids is 1. The molecule has 0 aliphatic carbocycles. The van der Waals surface area contributed by atoms with E-state index in [1.807, 2.05) is 6.92 Å². The quantitative estimate of drug-likeness (QED) is 0.634. The molecule has 0 radical (unpaired) electrons. The molecule has 0 saturated carbocycles. The van der Waals surface area contributed by atoms with Crippen molar-refractivity contribution in [3.8, 4) is 0 Å². The molecule has 2 atom stereocenters. The second-order valence-electron chi connectivity index (χ2n) is 7.25. The molecule has 0 bridgehead atoms. The molecule has 1 aliphatic rings. The third-order valence-electron chi connectivity index (χ3n) is 5.29. The Labute approximate surface area is 144 Å². The summed E-state index contributed by atoms with van der Waals surface area (Å²) in [5.41, 5.74) is 7.43. The molecule has 2 unspecified atom stereocenters. The van der Waals surface area contributed by atoms with E-state index in [4.69, 9.17) is 5.73 Å². The number of aliphatic carboxylic acids is 1. The first-order valence-corrected chi connectivity index (χ1v) is 9.21. The zero-order valence-corrected chi connectivity index (χ0v) is 15.1. The molecule has 2 heterocycles. The fourth-order valence-corrected chi connectivity index (χ4v) is 3.77. The van der Waals surface area contributed by atoms with Crippen molar-refractivity contribution >= 4 is 5.97 Å². The van der Waals surface area contributed by atoms with Crippen LogP contribution in [0.5, 0.6) is 0 Å². The monoisotopic (exact) mass is 336 g/mol. The van der Waals surface area contributed by atoms with E-state index in [9.17, 15) is 9.90 Å². The van der Waals surface area contributed by atoms with Crippen LogP contribution in [0.3, 0.4) is 0 Å². The zero-order valence-electron chi connectivity index (χ0n) is 15.1. The summed E-state index contributed by atoms with van der Waals surface area (Å²) < 4.78 is 0. The maximum atomic E-state index is 11.8. The van der Waals surface area contributed by atoms with E-state index in [1.54, 1.807) is 0 Å². The Morgan fingerprint density at radius 3 is 2.88 bits per heavy atom. The molecule has 1 aromatic rings. The SMILES string of the molecule is CCCCCC(N)(C(=O)O)C1CCCN(Cc2cc(C)[nH]n2)CC1. The van der Waals surface area contributed by atoms with Crippen LogP contribution in [-0.2, 0) is 11.3 Å². The van der Waals surface area contributed by atoms with Gasteiger partial charge in [0.05, 0.1) is 5.69 Å². The number of rotatable bonds is 8. The van der Waals surface area contributed by atoms with Gasteiger partial charge in [-0.05, 0) is 57.7 Å². The Morgan fingerprint density at radius 1 is 1.46 bits per heavy atom. The third-order valence-corrected chi connectivity index (χ3v) is 5.29. The molecule has 136 valence electrons. The van der Waals surface area contributed by atoms with E-state index in [0.29, 0.717) is 6.42 Å². The van der Waals surface area contributed by atoms with E-state index in [-0.39, 0.29) is 5.92 Å². The van der Waals surface area contributed by atoms with E-state index in [2.05, 4.69) is 28.1 Å². The number of nitrogens with one attached hydrogen (secondary N) is 1. The van der Waals surface area contributed by atoms with Gasteiger partial charge in [-0.25, -0.2) is 0 Å². The third kappa shape index (κ3) is 4.80. The Bertz CT molecular complexity index is 531. The van der Waals surface area contributed by atoms with Crippen LogP contribution in [0.1, 0.15) is 63.3 Å². The van der Waals surface area contributed by atoms with Crippen molar-refractivity contribution in [2.75, 3.05) is 13.1 Å². The molecule has 1 saturated heterocycles. The number of carbonyl (C=O) groups is 1. The minimum atomic E-state index is -1.08. The predicted molar refractivity (Wildman–Crippen MR) is 94.6 cm³/mol. The number of hydrogen-bond donors (Lipinski definition) is 3. The number of hydrogen-bond acceptors (Lipinski definition) is 4. The van der Waals surface area contributed by atoms with Crippen LogP contribution in [0, 0.1) is 12.8 Å². The van der Waals surface area contributed by atoms with Crippen molar-refractivity contribution < 1.29 is 9.90 Å². The summed E-state index contributed by atoms with van der Waals surface area (Å²) in [6.07, 6.45) is 6.34. The van der Waals surface area contributed by atoms with Gasteiger partial charge in [0.1, 0.15) is 5.54 Å². The Hall–Kier alpha value is -1.40. The summed E-state index contributed by atoms with van der Waals surface area (Å²) >= 11 is 0. The van der Waals surface area contributed by atoms with Gasteiger partial charge in [0.2, 0.25) is 0 Å². The lowest BCUT2D eigenvalue weighted by molar-refractivity contribution is -0.146. The van der Waals surface area contributed by atoms with Gasteiger partial charge in [-0.15, -0.1) is 0 Å². The van der Waals surface area contributed by atoms with Crippen LogP contribution < -0.4 is 5.73 Å². The number of aromatic amines is 1. The molecular weight excluding hydrogens is 304 g/mol. The minimum absolute atomic E-state index is 0.0535. The number of nitrogens with zero attached hydrogens (tertiary/aromatic N) is 2. The molecule has 0 amide bonds. The van der Waals surface area contributed by atoms with Gasteiger partial charge in [-0.3, -0.25) is 14.8 Å². The highest BCUT2D eigenvalue weighted by Crippen LogP contribution is 2.31. The van der Waals surface area contributed by atoms with Gasteiger partial charge in [-0.1, -0.05) is 26.2 Å². The van der Waals surface area contributed by atoms with Gasteiger partial charge < -0.3 is 10.8 Å². The highest BCUT2D eigenvalue weighted by Gasteiger charge is 2.41. The second-order valence-corrected chi connectivity index (χ2v) is 7.25. The summed E-state index contributed by atoms with van der Waals surface area (Å²) in [6.45, 7) is 6.81. The molecule has 6 heteroatoms. The smallest absolute Gasteiger partial charge is 0.323 e. The Balaban J connectivity index is 1.95. The number of aromatic nitrogens is 2. The number of carboxylic acid groups (broad SMARTS) is 1. The topological polar surface area (TPSA) is 95.2 Å². The fourth-order valence-electron chi connectivity index (χ4n) is 3.77. The predicted octanol–water partition coefficient (Wildman–Crippen LogP) is 2.68. The largest absolute Gasteiger partial charge is 0.480 e. The van der Waals surface area contributed by atoms with Gasteiger partial charge in [0.15, 0.2) is 0 Å². The molecule has 2 rings (SSSR count). The number of H-pyrrole nitrogens is 1. The number of nitrogens with two attached hydrogens (primary N) is 1. The second kappa shape index (κ2) is 8.62. The summed E-state index contributed by atoms with van der Waals surface area (Å²) in [5.74, 6) is -0.780. The molecule has 4 N–H and O–H groups in total. The standard InChI is InChI=1S/C18H32N4O2/c1-3-4-5-9-18(19,17(23)24)15-7-6-10-22(11-8-15)13-16-12-14(2)20-21-16/h12,15H,3-11,13,19H2,1-2H3,(H,20,21)(H,23,24). The van der Waals surface area contributed by atoms with E-state index in [1.165, 1.54) is 0 Å². The Morgan fingerprint density at radius 2 is 2.25 bits per heavy atom. The minimum Gasteiger partial charge on any atom is -0.480 e. The maximum Gasteiger partial charge on any atom is 0.323 e. The van der Waals surface area contributed by atoms with Crippen molar-refractivity contribution in [3.05, 3.63) is 17.5 Å². The van der Waals surface area contributed by atoms with Crippen LogP contribution in [-0.4, -0.2) is 44.8 Å². The first-order chi connectivity index (χ1) is 11.5. The average molecular weight is 336 g/mol. The number of unbranched alkanes of at least 4 members (excludes halogenated alkanes) is 2. The summed E-state index contributed by atoms with van der Waals surface area (Å²) in [6, 6.07) is 2.07. The number of aryl methyl sites for hydroxylation is 1. The molecule has 1 aromatic heterocycles. The molecule has 1 fully saturated rings. The molecule has 0 aromatic carbocycles. The summed E-state index contributed by atoms with van der Waals surface area (Å²) in [4.78, 5) is 14.2. The zero-order chi connectivity index (χ0) is 17.6. The normalized spacial score (nSPS) is 22.0. The van der Waals surface area contributed by atoms with Crippen LogP contribution >= 0.6 is 0 Å². The molecule has 0 spiro atoms. The van der Waals surface area contributed by atoms with Crippen molar-refractivity contribution in [1.29, 1.82) is 0 Å². The lowest BCUT2D eigenvalue weighted by atomic mass is 9.76. The number of likely N-dealkylation sites (tertiary alicyclic amines) is 1. The van der Waals surface area contributed by atoms with Crippen LogP contribution in [0.15, 0.2) is 6.07 Å². The van der Waals surface area contributed by atoms with Gasteiger partial charge in [0, 0.05) is 12.2 Å². The van der Waals surface area contributed by atoms with Gasteiger partial charge in [0.25, 0.3) is 0 Å². The lowest BCUT2D eigenvalue weighted by Crippen LogP contribution is -2.54. The van der Waals surface area contributed by atoms with E-state index >= 15 is 0 Å². The van der Waals surface area contributed by atoms with Gasteiger partial charge >= 0.3 is 5.97 Å². The van der Waals surface area contributed by atoms with Crippen LogP contribution in [0.25, 0.3) is 0 Å². The maximum absolute atomic E-state index is 11.8. The van der Waals surface area contributed by atoms with Crippen molar-refractivity contribution in [2.45, 2.75) is 70.9 Å². The molecular formula is C18H32N4O2. The Kier molecular flexibility index (Phi) is 6.80. The first-order valence-electron chi connectivity index (χ1n) is 9.21. The van der Waals surface area contributed by atoms with Crippen molar-refractivity contribution in [2.24, 2.45) is 11.7 Å². The van der Waals surface area contributed by atoms with Crippen LogP contribution in [0.4, 0.5) is 0 Å². The van der Waals surface area contributed by atoms with Gasteiger partial charge in [-0.2, -0.15) is 5.10 Å². The summed E-state index contributed by atoms with van der Waals surface area (Å²) in [5, 5.41) is 17.0. The van der Waals surface area contributed by atoms with Crippen molar-refractivity contribution in [1.82, 2.24) is 15.1 Å². The fraction of sp³-hybridized carbons (Fsp3) is 0.778. The summed E-state index contributed by atoms with van der Waals surface area (Å²) in [7, 11) is 0. The molecule has 24 heavy (non-hydrogen) atoms. The average Bonchev–Trinajstić information content (AvgIpc) is 2.80. The van der Waals surface area contributed by atoms with E-state index in [0.717, 1.165) is 69.5 Å². The lowest BCUT2D eigenvalue weighted by Gasteiger charge is -2.33. The molecule has 1 aliphatic heterocycles. The van der Waals surface area contributed by atoms with E-state index < -0.39 is 11.5 Å². The highest BCUT2D eigenvalue weighted by atomic mass is 16.4. The van der Waals surface area contributed by atoms with Crippen LogP contribution in [0.2, 0.25) is 0 Å². The van der Waals surface area contributed by atoms with Crippen molar-refractivity contribution in [3.63, 3.8) is 0 Å². The first kappa shape index (κ1) is 18.9. The highest BCUT2D eigenvalue weighted by molar-refractivity contribution is 5.78.